The minimum atomic E-state index is -0.865. The Morgan fingerprint density at radius 1 is 1.00 bits per heavy atom. The second-order valence-electron chi connectivity index (χ2n) is 10.9. The molecule has 3 atom stereocenters. The lowest BCUT2D eigenvalue weighted by Gasteiger charge is -2.30. The third kappa shape index (κ3) is 7.57. The molecule has 1 fully saturated rings. The van der Waals surface area contributed by atoms with Crippen molar-refractivity contribution in [3.8, 4) is 11.5 Å². The van der Waals surface area contributed by atoms with Crippen LogP contribution in [0.2, 0.25) is 0 Å². The number of likely N-dealkylation sites (tertiary alicyclic amines) is 1. The van der Waals surface area contributed by atoms with Crippen LogP contribution < -0.4 is 9.47 Å². The van der Waals surface area contributed by atoms with E-state index in [4.69, 9.17) is 18.9 Å². The first-order valence-corrected chi connectivity index (χ1v) is 14.1. The van der Waals surface area contributed by atoms with Crippen molar-refractivity contribution in [3.05, 3.63) is 36.3 Å². The van der Waals surface area contributed by atoms with Crippen LogP contribution in [0.5, 0.6) is 11.5 Å². The van der Waals surface area contributed by atoms with Gasteiger partial charge in [0.25, 0.3) is 0 Å². The van der Waals surface area contributed by atoms with Crippen LogP contribution in [0.15, 0.2) is 30.7 Å². The number of carboxylic acids is 1. The number of aliphatic carboxylic acids is 1. The molecule has 4 rings (SSSR count). The average Bonchev–Trinajstić information content (AvgIpc) is 3.66. The van der Waals surface area contributed by atoms with Gasteiger partial charge < -0.3 is 33.9 Å². The molecule has 3 aliphatic rings. The van der Waals surface area contributed by atoms with E-state index in [9.17, 15) is 14.7 Å². The summed E-state index contributed by atoms with van der Waals surface area (Å²) in [5, 5.41) is 10.4. The Bertz CT molecular complexity index is 993. The van der Waals surface area contributed by atoms with Gasteiger partial charge in [0.1, 0.15) is 12.5 Å². The first kappa shape index (κ1) is 29.0. The standard InChI is InChI=1S/C29H43N3O7/c1-4-5-13-31(14-7-6-12-30(2)3)26(33)19-32-18-22(21-8-10-24-25(17-21)39-20-38-24)28(29(34)35)23(32)9-11-27-36-15-16-37-27/h8,10,15-17,22-23,27-28H,4-7,9,11-14,18-20H2,1-3H3,(H,34,35). The van der Waals surface area contributed by atoms with E-state index in [1.54, 1.807) is 0 Å². The average molecular weight is 546 g/mol. The summed E-state index contributed by atoms with van der Waals surface area (Å²) in [5.41, 5.74) is 0.883. The zero-order valence-electron chi connectivity index (χ0n) is 23.4. The molecule has 10 nitrogen and oxygen atoms in total. The summed E-state index contributed by atoms with van der Waals surface area (Å²) >= 11 is 0. The molecular weight excluding hydrogens is 502 g/mol. The van der Waals surface area contributed by atoms with E-state index in [1.165, 1.54) is 12.5 Å². The van der Waals surface area contributed by atoms with Gasteiger partial charge in [0.2, 0.25) is 19.0 Å². The molecule has 10 heteroatoms. The molecule has 1 saturated heterocycles. The van der Waals surface area contributed by atoms with Crippen molar-refractivity contribution in [3.63, 3.8) is 0 Å². The van der Waals surface area contributed by atoms with Crippen molar-refractivity contribution in [1.29, 1.82) is 0 Å². The van der Waals surface area contributed by atoms with E-state index >= 15 is 0 Å². The molecule has 0 aliphatic carbocycles. The van der Waals surface area contributed by atoms with E-state index in [2.05, 4.69) is 30.8 Å². The van der Waals surface area contributed by atoms with E-state index < -0.39 is 18.2 Å². The summed E-state index contributed by atoms with van der Waals surface area (Å²) in [6, 6.07) is 5.31. The zero-order chi connectivity index (χ0) is 27.8. The normalized spacial score (nSPS) is 22.3. The number of nitrogens with zero attached hydrogens (tertiary/aromatic N) is 3. The molecule has 3 unspecified atom stereocenters. The number of rotatable bonds is 15. The van der Waals surface area contributed by atoms with Gasteiger partial charge in [-0.2, -0.15) is 0 Å². The predicted molar refractivity (Wildman–Crippen MR) is 145 cm³/mol. The summed E-state index contributed by atoms with van der Waals surface area (Å²) in [7, 11) is 4.11. The van der Waals surface area contributed by atoms with Crippen molar-refractivity contribution < 1.29 is 33.6 Å². The lowest BCUT2D eigenvalue weighted by Crippen LogP contribution is -2.45. The van der Waals surface area contributed by atoms with Crippen molar-refractivity contribution in [2.45, 2.75) is 63.7 Å². The number of fused-ring (bicyclic) bond motifs is 1. The highest BCUT2D eigenvalue weighted by atomic mass is 16.7. The summed E-state index contributed by atoms with van der Waals surface area (Å²) in [4.78, 5) is 32.5. The van der Waals surface area contributed by atoms with Gasteiger partial charge in [-0.25, -0.2) is 0 Å². The number of carboxylic acid groups (broad SMARTS) is 1. The van der Waals surface area contributed by atoms with Crippen LogP contribution in [0.3, 0.4) is 0 Å². The van der Waals surface area contributed by atoms with Gasteiger partial charge in [0, 0.05) is 38.0 Å². The minimum absolute atomic E-state index is 0.0591. The number of unbranched alkanes of at least 4 members (excludes halogenated alkanes) is 2. The molecule has 0 bridgehead atoms. The van der Waals surface area contributed by atoms with Crippen LogP contribution in [0.1, 0.15) is 56.9 Å². The molecule has 3 heterocycles. The lowest BCUT2D eigenvalue weighted by molar-refractivity contribution is -0.144. The highest BCUT2D eigenvalue weighted by Gasteiger charge is 2.47. The molecular formula is C29H43N3O7. The Kier molecular flexibility index (Phi) is 10.3. The van der Waals surface area contributed by atoms with Gasteiger partial charge in [-0.1, -0.05) is 19.4 Å². The molecule has 1 amide bonds. The second-order valence-corrected chi connectivity index (χ2v) is 10.9. The lowest BCUT2D eigenvalue weighted by atomic mass is 9.83. The first-order valence-electron chi connectivity index (χ1n) is 14.1. The largest absolute Gasteiger partial charge is 0.481 e. The summed E-state index contributed by atoms with van der Waals surface area (Å²) in [6.07, 6.45) is 7.58. The fraction of sp³-hybridized carbons (Fsp3) is 0.655. The van der Waals surface area contributed by atoms with Crippen LogP contribution >= 0.6 is 0 Å². The Labute approximate surface area is 231 Å². The van der Waals surface area contributed by atoms with Crippen LogP contribution in [0, 0.1) is 5.92 Å². The first-order chi connectivity index (χ1) is 18.9. The zero-order valence-corrected chi connectivity index (χ0v) is 23.4. The highest BCUT2D eigenvalue weighted by Crippen LogP contribution is 2.43. The third-order valence-electron chi connectivity index (χ3n) is 7.83. The van der Waals surface area contributed by atoms with Crippen LogP contribution in [-0.2, 0) is 19.1 Å². The highest BCUT2D eigenvalue weighted by molar-refractivity contribution is 5.79. The van der Waals surface area contributed by atoms with Crippen molar-refractivity contribution in [1.82, 2.24) is 14.7 Å². The Hall–Kier alpha value is -2.98. The maximum absolute atomic E-state index is 13.6. The topological polar surface area (TPSA) is 101 Å². The van der Waals surface area contributed by atoms with Crippen molar-refractivity contribution in [2.75, 3.05) is 53.6 Å². The van der Waals surface area contributed by atoms with Crippen LogP contribution in [-0.4, -0.2) is 97.6 Å². The van der Waals surface area contributed by atoms with E-state index in [1.807, 2.05) is 23.1 Å². The number of hydrogen-bond donors (Lipinski definition) is 1. The van der Waals surface area contributed by atoms with E-state index in [0.29, 0.717) is 37.4 Å². The minimum Gasteiger partial charge on any atom is -0.481 e. The summed E-state index contributed by atoms with van der Waals surface area (Å²) in [5.74, 6) is -0.486. The molecule has 3 aliphatic heterocycles. The van der Waals surface area contributed by atoms with Gasteiger partial charge in [0.05, 0.1) is 12.5 Å². The molecule has 1 aromatic carbocycles. The van der Waals surface area contributed by atoms with Crippen molar-refractivity contribution >= 4 is 11.9 Å². The number of hydrogen-bond acceptors (Lipinski definition) is 8. The smallest absolute Gasteiger partial charge is 0.308 e. The molecule has 1 N–H and O–H groups in total. The van der Waals surface area contributed by atoms with E-state index in [0.717, 1.165) is 44.3 Å². The Balaban J connectivity index is 1.51. The number of ether oxygens (including phenoxy) is 4. The molecule has 0 aromatic heterocycles. The second kappa shape index (κ2) is 13.9. The fourth-order valence-electron chi connectivity index (χ4n) is 5.76. The van der Waals surface area contributed by atoms with E-state index in [-0.39, 0.29) is 31.2 Å². The van der Waals surface area contributed by atoms with Gasteiger partial charge in [0.15, 0.2) is 11.5 Å². The number of carbonyl (C=O) groups excluding carboxylic acids is 1. The number of amides is 1. The molecule has 39 heavy (non-hydrogen) atoms. The Morgan fingerprint density at radius 3 is 2.44 bits per heavy atom. The Morgan fingerprint density at radius 2 is 1.72 bits per heavy atom. The van der Waals surface area contributed by atoms with Gasteiger partial charge in [-0.05, 0) is 64.0 Å². The quantitative estimate of drug-likeness (QED) is 0.332. The third-order valence-corrected chi connectivity index (χ3v) is 7.83. The van der Waals surface area contributed by atoms with Crippen LogP contribution in [0.4, 0.5) is 0 Å². The van der Waals surface area contributed by atoms with Gasteiger partial charge >= 0.3 is 5.97 Å². The van der Waals surface area contributed by atoms with Crippen LogP contribution in [0.25, 0.3) is 0 Å². The molecule has 1 aromatic rings. The fourth-order valence-corrected chi connectivity index (χ4v) is 5.76. The maximum atomic E-state index is 13.6. The molecule has 0 radical (unpaired) electrons. The monoisotopic (exact) mass is 545 g/mol. The predicted octanol–water partition coefficient (Wildman–Crippen LogP) is 3.48. The number of benzene rings is 1. The van der Waals surface area contributed by atoms with Gasteiger partial charge in [-0.15, -0.1) is 0 Å². The SMILES string of the molecule is CCCCN(CCCCN(C)C)C(=O)CN1CC(c2ccc3c(c2)OCO3)C(C(=O)O)C1CCC1OC=CO1. The molecule has 216 valence electrons. The number of carbonyl (C=O) groups is 2. The summed E-state index contributed by atoms with van der Waals surface area (Å²) < 4.78 is 22.0. The molecule has 0 saturated carbocycles. The van der Waals surface area contributed by atoms with Crippen molar-refractivity contribution in [2.24, 2.45) is 5.92 Å². The summed E-state index contributed by atoms with van der Waals surface area (Å²) in [6.45, 7) is 5.38. The maximum Gasteiger partial charge on any atom is 0.308 e. The van der Waals surface area contributed by atoms with Gasteiger partial charge in [-0.3, -0.25) is 14.5 Å². The molecule has 0 spiro atoms.